The molecule has 2 aromatic carbocycles. The van der Waals surface area contributed by atoms with Crippen molar-refractivity contribution in [2.45, 2.75) is 56.7 Å². The molecule has 0 bridgehead atoms. The summed E-state index contributed by atoms with van der Waals surface area (Å²) < 4.78 is 1.42. The summed E-state index contributed by atoms with van der Waals surface area (Å²) in [6.07, 6.45) is 6.50. The number of aliphatic hydroxyl groups is 1. The van der Waals surface area contributed by atoms with E-state index >= 15 is 0 Å². The molecule has 252 valence electrons. The zero-order valence-electron chi connectivity index (χ0n) is 27.1. The number of nitrogens with one attached hydrogen (secondary N) is 2. The van der Waals surface area contributed by atoms with E-state index in [1.54, 1.807) is 67.7 Å². The Labute approximate surface area is 283 Å². The first-order valence-corrected chi connectivity index (χ1v) is 16.7. The maximum Gasteiger partial charge on any atom is 0.261 e. The number of aromatic nitrogens is 3. The van der Waals surface area contributed by atoms with E-state index in [-0.39, 0.29) is 48.3 Å². The van der Waals surface area contributed by atoms with E-state index in [9.17, 15) is 24.3 Å². The number of carbonyl (C=O) groups excluding carboxylic acids is 3. The summed E-state index contributed by atoms with van der Waals surface area (Å²) in [5.41, 5.74) is 0.768. The number of nitrogens with zero attached hydrogens (tertiary/aromatic N) is 5. The van der Waals surface area contributed by atoms with Gasteiger partial charge in [0.25, 0.3) is 11.5 Å². The van der Waals surface area contributed by atoms with Gasteiger partial charge in [0.1, 0.15) is 0 Å². The number of likely N-dealkylation sites (tertiary alicyclic amines) is 1. The molecule has 3 N–H and O–H groups in total. The highest BCUT2D eigenvalue weighted by molar-refractivity contribution is 6.35. The van der Waals surface area contributed by atoms with Crippen molar-refractivity contribution in [1.29, 1.82) is 0 Å². The molecule has 13 heteroatoms. The van der Waals surface area contributed by atoms with Gasteiger partial charge in [-0.25, -0.2) is 4.98 Å². The molecule has 3 amide bonds. The number of likely N-dealkylation sites (N-methyl/N-ethyl adjacent to an activating group) is 1. The molecule has 1 aliphatic carbocycles. The van der Waals surface area contributed by atoms with Crippen molar-refractivity contribution in [3.63, 3.8) is 0 Å². The zero-order chi connectivity index (χ0) is 34.0. The van der Waals surface area contributed by atoms with Gasteiger partial charge in [-0.2, -0.15) is 0 Å². The van der Waals surface area contributed by atoms with Crippen LogP contribution in [0, 0.1) is 5.92 Å². The van der Waals surface area contributed by atoms with Crippen molar-refractivity contribution < 1.29 is 19.5 Å². The molecule has 0 atom stereocenters. The summed E-state index contributed by atoms with van der Waals surface area (Å²) >= 11 is 6.23. The van der Waals surface area contributed by atoms with Crippen molar-refractivity contribution in [2.75, 3.05) is 39.0 Å². The van der Waals surface area contributed by atoms with Crippen molar-refractivity contribution in [3.05, 3.63) is 75.9 Å². The molecule has 12 nitrogen and oxygen atoms in total. The average molecular weight is 674 g/mol. The summed E-state index contributed by atoms with van der Waals surface area (Å²) in [6, 6.07) is 12.0. The van der Waals surface area contributed by atoms with E-state index < -0.39 is 5.60 Å². The average Bonchev–Trinajstić information content (AvgIpc) is 3.06. The van der Waals surface area contributed by atoms with Gasteiger partial charge in [-0.1, -0.05) is 17.7 Å². The second-order valence-electron chi connectivity index (χ2n) is 13.3. The van der Waals surface area contributed by atoms with Crippen LogP contribution in [0.2, 0.25) is 5.02 Å². The fraction of sp³-hybridized carbons (Fsp3) is 0.429. The van der Waals surface area contributed by atoms with Crippen molar-refractivity contribution >= 4 is 56.8 Å². The standard InChI is InChI=1S/C35H40ClN7O5/c1-41(2)19-31(44)39-25-8-10-27-30(18-25)38-21-43(34(27)47)20-35(48)12-15-42(16-13-35)33(46)22-3-6-24(7-4-22)40-32(45)23-5-9-26-28(36)11-14-37-29(26)17-23/h5,8-11,14,17-18,21-22,24,48H,3-4,6-7,12-13,15-16,19-20H2,1-2H3,(H,39,44)(H,40,45)/t22-,24-. The van der Waals surface area contributed by atoms with Gasteiger partial charge in [-0.15, -0.1) is 0 Å². The number of rotatable bonds is 8. The molecule has 0 radical (unpaired) electrons. The van der Waals surface area contributed by atoms with Crippen LogP contribution in [-0.4, -0.2) is 92.5 Å². The first-order valence-electron chi connectivity index (χ1n) is 16.3. The number of piperidine rings is 1. The molecule has 2 aromatic heterocycles. The number of benzene rings is 2. The van der Waals surface area contributed by atoms with Crippen LogP contribution >= 0.6 is 11.6 Å². The lowest BCUT2D eigenvalue weighted by Gasteiger charge is -2.40. The summed E-state index contributed by atoms with van der Waals surface area (Å²) in [6.45, 7) is 1.11. The van der Waals surface area contributed by atoms with E-state index in [0.717, 1.165) is 5.39 Å². The van der Waals surface area contributed by atoms with Crippen LogP contribution in [0.5, 0.6) is 0 Å². The van der Waals surface area contributed by atoms with Gasteiger partial charge in [0.05, 0.1) is 46.5 Å². The first-order chi connectivity index (χ1) is 23.0. The Morgan fingerprint density at radius 1 is 0.979 bits per heavy atom. The van der Waals surface area contributed by atoms with E-state index in [0.29, 0.717) is 84.3 Å². The van der Waals surface area contributed by atoms with Gasteiger partial charge in [-0.3, -0.25) is 28.7 Å². The number of hydrogen-bond acceptors (Lipinski definition) is 8. The minimum atomic E-state index is -1.15. The van der Waals surface area contributed by atoms with Gasteiger partial charge >= 0.3 is 0 Å². The van der Waals surface area contributed by atoms with Crippen molar-refractivity contribution in [1.82, 2.24) is 29.7 Å². The predicted octanol–water partition coefficient (Wildman–Crippen LogP) is 3.44. The topological polar surface area (TPSA) is 150 Å². The third kappa shape index (κ3) is 7.51. The molecule has 4 aromatic rings. The van der Waals surface area contributed by atoms with Crippen LogP contribution in [0.25, 0.3) is 21.8 Å². The van der Waals surface area contributed by atoms with E-state index in [1.807, 2.05) is 4.90 Å². The third-order valence-electron chi connectivity index (χ3n) is 9.40. The van der Waals surface area contributed by atoms with Crippen LogP contribution in [0.15, 0.2) is 59.8 Å². The number of amides is 3. The third-order valence-corrected chi connectivity index (χ3v) is 9.73. The van der Waals surface area contributed by atoms with Gasteiger partial charge in [-0.05, 0) is 89.0 Å². The summed E-state index contributed by atoms with van der Waals surface area (Å²) in [5, 5.41) is 19.1. The molecule has 1 saturated heterocycles. The number of fused-ring (bicyclic) bond motifs is 2. The van der Waals surface area contributed by atoms with Gasteiger partial charge in [0.15, 0.2) is 0 Å². The highest BCUT2D eigenvalue weighted by atomic mass is 35.5. The normalized spacial score (nSPS) is 19.4. The minimum absolute atomic E-state index is 0.0155. The monoisotopic (exact) mass is 673 g/mol. The van der Waals surface area contributed by atoms with Crippen molar-refractivity contribution in [3.8, 4) is 0 Å². The van der Waals surface area contributed by atoms with Gasteiger partial charge in [0, 0.05) is 47.9 Å². The fourth-order valence-corrected chi connectivity index (χ4v) is 6.94. The number of carbonyl (C=O) groups is 3. The second kappa shape index (κ2) is 14.0. The molecule has 2 fully saturated rings. The Morgan fingerprint density at radius 3 is 2.42 bits per heavy atom. The maximum absolute atomic E-state index is 13.4. The highest BCUT2D eigenvalue weighted by Gasteiger charge is 2.37. The van der Waals surface area contributed by atoms with Crippen molar-refractivity contribution in [2.24, 2.45) is 5.92 Å². The lowest BCUT2D eigenvalue weighted by molar-refractivity contribution is -0.141. The van der Waals surface area contributed by atoms with Gasteiger partial charge in [0.2, 0.25) is 11.8 Å². The van der Waals surface area contributed by atoms with E-state index in [1.165, 1.54) is 10.9 Å². The molecular formula is C35H40ClN7O5. The first kappa shape index (κ1) is 33.5. The SMILES string of the molecule is CN(C)CC(=O)Nc1ccc2c(=O)n(CC3(O)CCN(C(=O)[C@H]4CC[C@H](NC(=O)c5ccc6c(Cl)ccnc6c5)CC4)CC3)cnc2c1. The number of hydrogen-bond donors (Lipinski definition) is 3. The lowest BCUT2D eigenvalue weighted by Crippen LogP contribution is -2.51. The number of pyridine rings is 1. The molecule has 0 spiro atoms. The summed E-state index contributed by atoms with van der Waals surface area (Å²) in [4.78, 5) is 64.1. The Bertz CT molecular complexity index is 1910. The lowest BCUT2D eigenvalue weighted by atomic mass is 9.84. The fourth-order valence-electron chi connectivity index (χ4n) is 6.72. The molecule has 2 aliphatic rings. The summed E-state index contributed by atoms with van der Waals surface area (Å²) in [7, 11) is 3.61. The van der Waals surface area contributed by atoms with E-state index in [4.69, 9.17) is 11.6 Å². The Kier molecular flexibility index (Phi) is 9.77. The minimum Gasteiger partial charge on any atom is -0.388 e. The van der Waals surface area contributed by atoms with Crippen LogP contribution in [0.1, 0.15) is 48.9 Å². The Balaban J connectivity index is 0.991. The summed E-state index contributed by atoms with van der Waals surface area (Å²) in [5.74, 6) is -0.379. The van der Waals surface area contributed by atoms with Crippen LogP contribution < -0.4 is 16.2 Å². The quantitative estimate of drug-likeness (QED) is 0.258. The van der Waals surface area contributed by atoms with E-state index in [2.05, 4.69) is 20.6 Å². The van der Waals surface area contributed by atoms with Crippen LogP contribution in [-0.2, 0) is 16.1 Å². The Morgan fingerprint density at radius 2 is 1.69 bits per heavy atom. The molecule has 48 heavy (non-hydrogen) atoms. The maximum atomic E-state index is 13.4. The largest absolute Gasteiger partial charge is 0.388 e. The van der Waals surface area contributed by atoms with Crippen LogP contribution in [0.3, 0.4) is 0 Å². The molecule has 1 aliphatic heterocycles. The Hall–Kier alpha value is -4.39. The van der Waals surface area contributed by atoms with Gasteiger partial charge < -0.3 is 25.5 Å². The molecule has 6 rings (SSSR count). The van der Waals surface area contributed by atoms with Crippen LogP contribution in [0.4, 0.5) is 5.69 Å². The highest BCUT2D eigenvalue weighted by Crippen LogP contribution is 2.30. The zero-order valence-corrected chi connectivity index (χ0v) is 27.9. The predicted molar refractivity (Wildman–Crippen MR) is 184 cm³/mol. The molecule has 1 saturated carbocycles. The molecule has 0 unspecified atom stereocenters. The number of anilines is 1. The second-order valence-corrected chi connectivity index (χ2v) is 13.7. The number of halogens is 1. The molecular weight excluding hydrogens is 634 g/mol. The smallest absolute Gasteiger partial charge is 0.261 e. The molecule has 3 heterocycles.